The standard InChI is InChI=1S/C20H27N5O2/c1-22(2)19(26)13-25-15-9-8-14(20(25)27)10-24(11-15)12-18-21-16-6-4-5-7-17(16)23(18)3/h4-7,14-15H,8-13H2,1-3H3. The number of likely N-dealkylation sites (N-methyl/N-ethyl adjacent to an activating group) is 1. The second-order valence-corrected chi connectivity index (χ2v) is 7.95. The van der Waals surface area contributed by atoms with Gasteiger partial charge in [0.05, 0.1) is 23.5 Å². The number of fused-ring (bicyclic) bond motifs is 5. The van der Waals surface area contributed by atoms with Crippen molar-refractivity contribution in [2.45, 2.75) is 25.4 Å². The molecule has 4 heterocycles. The first kappa shape index (κ1) is 18.0. The van der Waals surface area contributed by atoms with Crippen LogP contribution < -0.4 is 0 Å². The zero-order valence-electron chi connectivity index (χ0n) is 16.3. The van der Waals surface area contributed by atoms with Gasteiger partial charge in [0.1, 0.15) is 12.4 Å². The molecule has 5 rings (SSSR count). The van der Waals surface area contributed by atoms with E-state index in [0.717, 1.165) is 49.3 Å². The molecule has 1 aromatic heterocycles. The molecule has 3 aliphatic heterocycles. The molecule has 2 amide bonds. The fourth-order valence-corrected chi connectivity index (χ4v) is 4.29. The maximum Gasteiger partial charge on any atom is 0.241 e. The Kier molecular flexibility index (Phi) is 4.63. The summed E-state index contributed by atoms with van der Waals surface area (Å²) >= 11 is 0. The first-order valence-corrected chi connectivity index (χ1v) is 9.57. The smallest absolute Gasteiger partial charge is 0.241 e. The Morgan fingerprint density at radius 2 is 2.00 bits per heavy atom. The van der Waals surface area contributed by atoms with Crippen LogP contribution in [0.5, 0.6) is 0 Å². The highest BCUT2D eigenvalue weighted by atomic mass is 16.2. The van der Waals surface area contributed by atoms with Crippen molar-refractivity contribution < 1.29 is 9.59 Å². The Balaban J connectivity index is 1.53. The van der Waals surface area contributed by atoms with Crippen molar-refractivity contribution in [3.05, 3.63) is 30.1 Å². The monoisotopic (exact) mass is 369 g/mol. The van der Waals surface area contributed by atoms with Gasteiger partial charge in [-0.1, -0.05) is 12.1 Å². The molecule has 7 nitrogen and oxygen atoms in total. The van der Waals surface area contributed by atoms with Gasteiger partial charge in [-0.2, -0.15) is 0 Å². The number of aromatic nitrogens is 2. The van der Waals surface area contributed by atoms with Crippen molar-refractivity contribution in [2.24, 2.45) is 13.0 Å². The molecule has 7 heteroatoms. The molecule has 1 aromatic carbocycles. The number of para-hydroxylation sites is 2. The molecule has 2 bridgehead atoms. The van der Waals surface area contributed by atoms with Crippen molar-refractivity contribution >= 4 is 22.8 Å². The molecule has 3 saturated heterocycles. The van der Waals surface area contributed by atoms with Crippen LogP contribution >= 0.6 is 0 Å². The third-order valence-corrected chi connectivity index (χ3v) is 5.92. The minimum atomic E-state index is -0.0200. The molecular weight excluding hydrogens is 342 g/mol. The van der Waals surface area contributed by atoms with Crippen molar-refractivity contribution in [3.63, 3.8) is 0 Å². The topological polar surface area (TPSA) is 61.7 Å². The molecule has 0 radical (unpaired) electrons. The summed E-state index contributed by atoms with van der Waals surface area (Å²) in [7, 11) is 5.52. The molecule has 3 fully saturated rings. The Bertz CT molecular complexity index is 874. The Morgan fingerprint density at radius 1 is 1.22 bits per heavy atom. The number of imidazole rings is 1. The SMILES string of the molecule is CN(C)C(=O)CN1C(=O)C2CCC1CN(Cc1nc3ccccc3n1C)C2. The van der Waals surface area contributed by atoms with E-state index in [1.165, 1.54) is 0 Å². The fraction of sp³-hybridized carbons (Fsp3) is 0.550. The van der Waals surface area contributed by atoms with E-state index in [1.54, 1.807) is 19.0 Å². The lowest BCUT2D eigenvalue weighted by molar-refractivity contribution is -0.145. The van der Waals surface area contributed by atoms with Gasteiger partial charge in [-0.15, -0.1) is 0 Å². The third kappa shape index (κ3) is 3.32. The van der Waals surface area contributed by atoms with Gasteiger partial charge < -0.3 is 14.4 Å². The quantitative estimate of drug-likeness (QED) is 0.809. The van der Waals surface area contributed by atoms with E-state index in [2.05, 4.69) is 15.5 Å². The van der Waals surface area contributed by atoms with Gasteiger partial charge in [0.15, 0.2) is 0 Å². The maximum absolute atomic E-state index is 12.9. The van der Waals surface area contributed by atoms with Crippen molar-refractivity contribution in [3.8, 4) is 0 Å². The lowest BCUT2D eigenvalue weighted by Gasteiger charge is -2.36. The van der Waals surface area contributed by atoms with Crippen LogP contribution in [-0.2, 0) is 23.2 Å². The summed E-state index contributed by atoms with van der Waals surface area (Å²) in [4.78, 5) is 35.5. The Labute approximate surface area is 159 Å². The number of carbonyl (C=O) groups excluding carboxylic acids is 2. The molecular formula is C20H27N5O2. The van der Waals surface area contributed by atoms with Crippen molar-refractivity contribution in [2.75, 3.05) is 33.7 Å². The van der Waals surface area contributed by atoms with Gasteiger partial charge in [0, 0.05) is 40.3 Å². The van der Waals surface area contributed by atoms with E-state index in [9.17, 15) is 9.59 Å². The van der Waals surface area contributed by atoms with Crippen LogP contribution in [0.3, 0.4) is 0 Å². The molecule has 2 atom stereocenters. The second-order valence-electron chi connectivity index (χ2n) is 7.95. The van der Waals surface area contributed by atoms with Crippen molar-refractivity contribution in [1.82, 2.24) is 24.3 Å². The van der Waals surface area contributed by atoms with E-state index in [0.29, 0.717) is 0 Å². The van der Waals surface area contributed by atoms with Gasteiger partial charge in [0.2, 0.25) is 11.8 Å². The summed E-state index contributed by atoms with van der Waals surface area (Å²) in [6.07, 6.45) is 1.88. The molecule has 0 saturated carbocycles. The highest BCUT2D eigenvalue weighted by molar-refractivity contribution is 5.87. The minimum Gasteiger partial charge on any atom is -0.347 e. The largest absolute Gasteiger partial charge is 0.347 e. The molecule has 0 spiro atoms. The molecule has 2 aromatic rings. The van der Waals surface area contributed by atoms with Crippen LogP contribution in [0.15, 0.2) is 24.3 Å². The molecule has 27 heavy (non-hydrogen) atoms. The number of carbonyl (C=O) groups is 2. The third-order valence-electron chi connectivity index (χ3n) is 5.92. The van der Waals surface area contributed by atoms with Crippen molar-refractivity contribution in [1.29, 1.82) is 0 Å². The van der Waals surface area contributed by atoms with E-state index < -0.39 is 0 Å². The predicted molar refractivity (Wildman–Crippen MR) is 103 cm³/mol. The summed E-state index contributed by atoms with van der Waals surface area (Å²) in [6.45, 7) is 2.45. The van der Waals surface area contributed by atoms with Crippen LogP contribution in [0.1, 0.15) is 18.7 Å². The summed E-state index contributed by atoms with van der Waals surface area (Å²) in [5, 5.41) is 0. The van der Waals surface area contributed by atoms with Crippen LogP contribution in [0.2, 0.25) is 0 Å². The van der Waals surface area contributed by atoms with E-state index in [1.807, 2.05) is 30.1 Å². The summed E-state index contributed by atoms with van der Waals surface area (Å²) in [5.41, 5.74) is 2.13. The van der Waals surface area contributed by atoms with E-state index >= 15 is 0 Å². The number of hydrogen-bond acceptors (Lipinski definition) is 4. The average molecular weight is 369 g/mol. The van der Waals surface area contributed by atoms with Gasteiger partial charge >= 0.3 is 0 Å². The number of aryl methyl sites for hydroxylation is 1. The number of rotatable bonds is 4. The number of amides is 2. The number of hydrogen-bond donors (Lipinski definition) is 0. The lowest BCUT2D eigenvalue weighted by atomic mass is 9.94. The normalized spacial score (nSPS) is 23.1. The summed E-state index contributed by atoms with van der Waals surface area (Å²) in [5.74, 6) is 1.11. The number of benzene rings is 1. The van der Waals surface area contributed by atoms with Crippen LogP contribution in [0.25, 0.3) is 11.0 Å². The first-order valence-electron chi connectivity index (χ1n) is 9.57. The molecule has 3 aliphatic rings. The Hall–Kier alpha value is -2.41. The zero-order chi connectivity index (χ0) is 19.1. The lowest BCUT2D eigenvalue weighted by Crippen LogP contribution is -2.51. The maximum atomic E-state index is 12.9. The first-order chi connectivity index (χ1) is 12.9. The summed E-state index contributed by atoms with van der Waals surface area (Å²) in [6, 6.07) is 8.25. The highest BCUT2D eigenvalue weighted by Gasteiger charge is 2.41. The van der Waals surface area contributed by atoms with Crippen LogP contribution in [0, 0.1) is 5.92 Å². The van der Waals surface area contributed by atoms with Gasteiger partial charge in [0.25, 0.3) is 0 Å². The van der Waals surface area contributed by atoms with Crippen LogP contribution in [-0.4, -0.2) is 75.8 Å². The predicted octanol–water partition coefficient (Wildman–Crippen LogP) is 1.08. The Morgan fingerprint density at radius 3 is 2.74 bits per heavy atom. The summed E-state index contributed by atoms with van der Waals surface area (Å²) < 4.78 is 2.14. The average Bonchev–Trinajstić information content (AvgIpc) is 2.78. The molecule has 144 valence electrons. The fourth-order valence-electron chi connectivity index (χ4n) is 4.29. The van der Waals surface area contributed by atoms with Crippen LogP contribution in [0.4, 0.5) is 0 Å². The van der Waals surface area contributed by atoms with E-state index in [-0.39, 0.29) is 30.3 Å². The van der Waals surface area contributed by atoms with Gasteiger partial charge in [-0.3, -0.25) is 14.5 Å². The number of nitrogens with zero attached hydrogens (tertiary/aromatic N) is 5. The molecule has 2 unspecified atom stereocenters. The minimum absolute atomic E-state index is 0.0159. The highest BCUT2D eigenvalue weighted by Crippen LogP contribution is 2.30. The molecule has 0 N–H and O–H groups in total. The number of piperidine rings is 1. The van der Waals surface area contributed by atoms with E-state index in [4.69, 9.17) is 4.98 Å². The second kappa shape index (κ2) is 6.96. The van der Waals surface area contributed by atoms with Gasteiger partial charge in [-0.25, -0.2) is 4.98 Å². The zero-order valence-corrected chi connectivity index (χ0v) is 16.3. The molecule has 0 aliphatic carbocycles. The van der Waals surface area contributed by atoms with Gasteiger partial charge in [-0.05, 0) is 25.0 Å².